The molecule has 1 rings (SSSR count). The molecule has 106 valence electrons. The Kier molecular flexibility index (Phi) is 6.99. The summed E-state index contributed by atoms with van der Waals surface area (Å²) in [5, 5.41) is 5.63. The van der Waals surface area contributed by atoms with E-state index in [0.29, 0.717) is 6.54 Å². The summed E-state index contributed by atoms with van der Waals surface area (Å²) < 4.78 is 28.3. The van der Waals surface area contributed by atoms with E-state index in [1.807, 2.05) is 18.2 Å². The van der Waals surface area contributed by atoms with Gasteiger partial charge in [0, 0.05) is 12.2 Å². The van der Waals surface area contributed by atoms with Gasteiger partial charge in [-0.3, -0.25) is 4.79 Å². The Labute approximate surface area is 111 Å². The van der Waals surface area contributed by atoms with E-state index in [2.05, 4.69) is 10.6 Å². The lowest BCUT2D eigenvalue weighted by Crippen LogP contribution is -2.39. The van der Waals surface area contributed by atoms with Gasteiger partial charge in [-0.1, -0.05) is 18.2 Å². The van der Waals surface area contributed by atoms with Gasteiger partial charge in [-0.2, -0.15) is 0 Å². The van der Waals surface area contributed by atoms with Crippen LogP contribution in [0.2, 0.25) is 0 Å². The van der Waals surface area contributed by atoms with E-state index in [4.69, 9.17) is 4.74 Å². The third-order valence-corrected chi connectivity index (χ3v) is 2.38. The van der Waals surface area contributed by atoms with Crippen molar-refractivity contribution < 1.29 is 18.3 Å². The van der Waals surface area contributed by atoms with Gasteiger partial charge in [-0.05, 0) is 19.1 Å². The van der Waals surface area contributed by atoms with Crippen molar-refractivity contribution in [2.75, 3.05) is 25.1 Å². The van der Waals surface area contributed by atoms with E-state index in [0.717, 1.165) is 5.69 Å². The number of carbonyl (C=O) groups excluding carboxylic acids is 1. The zero-order valence-corrected chi connectivity index (χ0v) is 10.7. The zero-order valence-electron chi connectivity index (χ0n) is 10.7. The highest BCUT2D eigenvalue weighted by Gasteiger charge is 2.11. The lowest BCUT2D eigenvalue weighted by molar-refractivity contribution is -0.117. The molecule has 2 N–H and O–H groups in total. The fraction of sp³-hybridized carbons (Fsp3) is 0.462. The van der Waals surface area contributed by atoms with Gasteiger partial charge in [0.2, 0.25) is 5.91 Å². The predicted octanol–water partition coefficient (Wildman–Crippen LogP) is 1.88. The number of carbonyl (C=O) groups is 1. The monoisotopic (exact) mass is 272 g/mol. The Morgan fingerprint density at radius 1 is 1.32 bits per heavy atom. The number of rotatable bonds is 8. The average Bonchev–Trinajstić information content (AvgIpc) is 2.38. The van der Waals surface area contributed by atoms with Crippen LogP contribution in [0.1, 0.15) is 6.92 Å². The minimum atomic E-state index is -2.46. The molecular weight excluding hydrogens is 254 g/mol. The lowest BCUT2D eigenvalue weighted by Gasteiger charge is -2.14. The summed E-state index contributed by atoms with van der Waals surface area (Å²) in [6, 6.07) is 8.66. The molecular formula is C13H18F2N2O2. The van der Waals surface area contributed by atoms with E-state index >= 15 is 0 Å². The Bertz CT molecular complexity index is 374. The van der Waals surface area contributed by atoms with Crippen LogP contribution in [-0.2, 0) is 9.53 Å². The highest BCUT2D eigenvalue weighted by Crippen LogP contribution is 2.05. The number of alkyl halides is 2. The van der Waals surface area contributed by atoms with Gasteiger partial charge in [0.05, 0.1) is 12.6 Å². The van der Waals surface area contributed by atoms with E-state index in [-0.39, 0.29) is 12.5 Å². The van der Waals surface area contributed by atoms with Gasteiger partial charge < -0.3 is 15.4 Å². The molecule has 19 heavy (non-hydrogen) atoms. The zero-order chi connectivity index (χ0) is 14.1. The lowest BCUT2D eigenvalue weighted by atomic mass is 10.2. The summed E-state index contributed by atoms with van der Waals surface area (Å²) in [6.45, 7) is 1.61. The standard InChI is InChI=1S/C13H18F2N2O2/c1-10(16-7-8-19-9-12(14)15)13(18)17-11-5-3-2-4-6-11/h2-6,10,12,16H,7-9H2,1H3,(H,17,18). The van der Waals surface area contributed by atoms with Crippen LogP contribution in [0, 0.1) is 0 Å². The van der Waals surface area contributed by atoms with Crippen LogP contribution in [0.25, 0.3) is 0 Å². The first kappa shape index (κ1) is 15.5. The molecule has 1 aromatic rings. The number of hydrogen-bond donors (Lipinski definition) is 2. The van der Waals surface area contributed by atoms with Crippen LogP contribution in [-0.4, -0.2) is 38.1 Å². The Morgan fingerprint density at radius 2 is 2.00 bits per heavy atom. The summed E-state index contributed by atoms with van der Waals surface area (Å²) in [5.41, 5.74) is 0.718. The minimum Gasteiger partial charge on any atom is -0.374 e. The molecule has 0 aliphatic rings. The van der Waals surface area contributed by atoms with Gasteiger partial charge >= 0.3 is 0 Å². The fourth-order valence-electron chi connectivity index (χ4n) is 1.38. The second kappa shape index (κ2) is 8.55. The number of anilines is 1. The number of hydrogen-bond acceptors (Lipinski definition) is 3. The third-order valence-electron chi connectivity index (χ3n) is 2.38. The van der Waals surface area contributed by atoms with Crippen molar-refractivity contribution in [3.63, 3.8) is 0 Å². The molecule has 1 amide bonds. The highest BCUT2D eigenvalue weighted by atomic mass is 19.3. The maximum Gasteiger partial charge on any atom is 0.261 e. The smallest absolute Gasteiger partial charge is 0.261 e. The molecule has 0 saturated carbocycles. The second-order valence-electron chi connectivity index (χ2n) is 4.00. The van der Waals surface area contributed by atoms with Crippen LogP contribution < -0.4 is 10.6 Å². The number of para-hydroxylation sites is 1. The third kappa shape index (κ3) is 6.83. The van der Waals surface area contributed by atoms with Crippen molar-refractivity contribution in [1.82, 2.24) is 5.32 Å². The molecule has 0 saturated heterocycles. The van der Waals surface area contributed by atoms with Crippen molar-refractivity contribution in [3.8, 4) is 0 Å². The Hall–Kier alpha value is -1.53. The summed E-state index contributed by atoms with van der Waals surface area (Å²) in [5.74, 6) is -0.181. The van der Waals surface area contributed by atoms with Crippen LogP contribution in [0.5, 0.6) is 0 Å². The van der Waals surface area contributed by atoms with Gasteiger partial charge in [-0.25, -0.2) is 8.78 Å². The van der Waals surface area contributed by atoms with Crippen molar-refractivity contribution in [2.24, 2.45) is 0 Å². The average molecular weight is 272 g/mol. The first-order chi connectivity index (χ1) is 9.09. The normalized spacial score (nSPS) is 12.4. The Morgan fingerprint density at radius 3 is 2.63 bits per heavy atom. The summed E-state index contributed by atoms with van der Waals surface area (Å²) in [7, 11) is 0. The van der Waals surface area contributed by atoms with E-state index in [1.165, 1.54) is 0 Å². The molecule has 0 spiro atoms. The van der Waals surface area contributed by atoms with E-state index < -0.39 is 19.1 Å². The van der Waals surface area contributed by atoms with E-state index in [9.17, 15) is 13.6 Å². The van der Waals surface area contributed by atoms with Crippen molar-refractivity contribution in [2.45, 2.75) is 19.4 Å². The van der Waals surface area contributed by atoms with Crippen molar-refractivity contribution in [1.29, 1.82) is 0 Å². The van der Waals surface area contributed by atoms with Crippen LogP contribution in [0.4, 0.5) is 14.5 Å². The number of amides is 1. The number of nitrogens with one attached hydrogen (secondary N) is 2. The maximum absolute atomic E-state index is 11.8. The molecule has 0 fully saturated rings. The molecule has 1 unspecified atom stereocenters. The first-order valence-corrected chi connectivity index (χ1v) is 6.05. The highest BCUT2D eigenvalue weighted by molar-refractivity contribution is 5.94. The molecule has 0 aromatic heterocycles. The minimum absolute atomic E-state index is 0.146. The molecule has 6 heteroatoms. The second-order valence-corrected chi connectivity index (χ2v) is 4.00. The van der Waals surface area contributed by atoms with Crippen molar-refractivity contribution in [3.05, 3.63) is 30.3 Å². The van der Waals surface area contributed by atoms with Gasteiger partial charge in [0.15, 0.2) is 0 Å². The van der Waals surface area contributed by atoms with Crippen LogP contribution in [0.15, 0.2) is 30.3 Å². The topological polar surface area (TPSA) is 50.4 Å². The molecule has 1 atom stereocenters. The van der Waals surface area contributed by atoms with Crippen LogP contribution in [0.3, 0.4) is 0 Å². The largest absolute Gasteiger partial charge is 0.374 e. The van der Waals surface area contributed by atoms with Gasteiger partial charge in [0.25, 0.3) is 6.43 Å². The molecule has 1 aromatic carbocycles. The first-order valence-electron chi connectivity index (χ1n) is 6.05. The SMILES string of the molecule is CC(NCCOCC(F)F)C(=O)Nc1ccccc1. The molecule has 0 aliphatic carbocycles. The summed E-state index contributed by atoms with van der Waals surface area (Å²) >= 11 is 0. The molecule has 0 bridgehead atoms. The fourth-order valence-corrected chi connectivity index (χ4v) is 1.38. The van der Waals surface area contributed by atoms with Crippen molar-refractivity contribution >= 4 is 11.6 Å². The maximum atomic E-state index is 11.8. The molecule has 0 radical (unpaired) electrons. The number of halogens is 2. The quantitative estimate of drug-likeness (QED) is 0.710. The van der Waals surface area contributed by atoms with Crippen LogP contribution >= 0.6 is 0 Å². The van der Waals surface area contributed by atoms with Gasteiger partial charge in [-0.15, -0.1) is 0 Å². The number of benzene rings is 1. The number of ether oxygens (including phenoxy) is 1. The van der Waals surface area contributed by atoms with E-state index in [1.54, 1.807) is 19.1 Å². The predicted molar refractivity (Wildman–Crippen MR) is 69.4 cm³/mol. The van der Waals surface area contributed by atoms with Gasteiger partial charge in [0.1, 0.15) is 6.61 Å². The summed E-state index contributed by atoms with van der Waals surface area (Å²) in [4.78, 5) is 11.7. The molecule has 0 aliphatic heterocycles. The Balaban J connectivity index is 2.18. The molecule has 0 heterocycles. The summed E-state index contributed by atoms with van der Waals surface area (Å²) in [6.07, 6.45) is -2.46. The molecule has 4 nitrogen and oxygen atoms in total.